The number of rotatable bonds is 7. The Balaban J connectivity index is 1.85. The molecule has 1 unspecified atom stereocenters. The van der Waals surface area contributed by atoms with Crippen LogP contribution in [0.25, 0.3) is 0 Å². The summed E-state index contributed by atoms with van der Waals surface area (Å²) in [5.41, 5.74) is 5.27. The SMILES string of the molecule is Cc1cccc(C(OCCN(C)C)c2cccc(C3CC3)c2)c1. The summed E-state index contributed by atoms with van der Waals surface area (Å²) >= 11 is 0. The predicted molar refractivity (Wildman–Crippen MR) is 95.9 cm³/mol. The lowest BCUT2D eigenvalue weighted by atomic mass is 9.97. The van der Waals surface area contributed by atoms with Gasteiger partial charge in [0.2, 0.25) is 0 Å². The van der Waals surface area contributed by atoms with Gasteiger partial charge in [-0.05, 0) is 56.5 Å². The van der Waals surface area contributed by atoms with Gasteiger partial charge >= 0.3 is 0 Å². The monoisotopic (exact) mass is 309 g/mol. The van der Waals surface area contributed by atoms with Crippen molar-refractivity contribution < 1.29 is 4.74 Å². The van der Waals surface area contributed by atoms with E-state index in [9.17, 15) is 0 Å². The number of ether oxygens (including phenoxy) is 1. The van der Waals surface area contributed by atoms with E-state index >= 15 is 0 Å². The van der Waals surface area contributed by atoms with E-state index in [2.05, 4.69) is 74.4 Å². The molecule has 122 valence electrons. The Morgan fingerprint density at radius 3 is 2.39 bits per heavy atom. The maximum atomic E-state index is 6.29. The second-order valence-corrected chi connectivity index (χ2v) is 6.91. The molecule has 1 atom stereocenters. The van der Waals surface area contributed by atoms with Crippen LogP contribution in [0.2, 0.25) is 0 Å². The lowest BCUT2D eigenvalue weighted by Crippen LogP contribution is -2.20. The van der Waals surface area contributed by atoms with Crippen molar-refractivity contribution in [1.29, 1.82) is 0 Å². The zero-order valence-corrected chi connectivity index (χ0v) is 14.5. The first-order valence-corrected chi connectivity index (χ1v) is 8.56. The quantitative estimate of drug-likeness (QED) is 0.744. The molecule has 0 radical (unpaired) electrons. The predicted octanol–water partition coefficient (Wildman–Crippen LogP) is 4.54. The van der Waals surface area contributed by atoms with Gasteiger partial charge in [0.05, 0.1) is 6.61 Å². The third-order valence-corrected chi connectivity index (χ3v) is 4.43. The number of hydrogen-bond acceptors (Lipinski definition) is 2. The fraction of sp³-hybridized carbons (Fsp3) is 0.429. The van der Waals surface area contributed by atoms with Crippen molar-refractivity contribution in [2.75, 3.05) is 27.2 Å². The molecule has 2 heteroatoms. The highest BCUT2D eigenvalue weighted by Gasteiger charge is 2.24. The van der Waals surface area contributed by atoms with Crippen LogP contribution in [0, 0.1) is 6.92 Å². The minimum Gasteiger partial charge on any atom is -0.367 e. The van der Waals surface area contributed by atoms with Crippen molar-refractivity contribution >= 4 is 0 Å². The number of aryl methyl sites for hydroxylation is 1. The molecule has 2 aromatic carbocycles. The Kier molecular flexibility index (Phi) is 5.14. The Morgan fingerprint density at radius 2 is 1.74 bits per heavy atom. The second-order valence-electron chi connectivity index (χ2n) is 6.91. The van der Waals surface area contributed by atoms with Crippen molar-refractivity contribution in [3.8, 4) is 0 Å². The first-order chi connectivity index (χ1) is 11.1. The van der Waals surface area contributed by atoms with Crippen LogP contribution in [0.1, 0.15) is 47.1 Å². The van der Waals surface area contributed by atoms with E-state index in [4.69, 9.17) is 4.74 Å². The second kappa shape index (κ2) is 7.29. The lowest BCUT2D eigenvalue weighted by molar-refractivity contribution is 0.0686. The van der Waals surface area contributed by atoms with E-state index in [1.165, 1.54) is 35.1 Å². The van der Waals surface area contributed by atoms with E-state index in [1.54, 1.807) is 0 Å². The molecule has 1 aliphatic rings. The van der Waals surface area contributed by atoms with Crippen molar-refractivity contribution in [1.82, 2.24) is 4.90 Å². The fourth-order valence-electron chi connectivity index (χ4n) is 2.96. The molecule has 0 spiro atoms. The molecule has 0 aromatic heterocycles. The van der Waals surface area contributed by atoms with Crippen LogP contribution >= 0.6 is 0 Å². The maximum Gasteiger partial charge on any atom is 0.108 e. The molecule has 0 N–H and O–H groups in total. The van der Waals surface area contributed by atoms with Crippen molar-refractivity contribution in [3.05, 3.63) is 70.8 Å². The van der Waals surface area contributed by atoms with E-state index in [-0.39, 0.29) is 6.10 Å². The Hall–Kier alpha value is -1.64. The largest absolute Gasteiger partial charge is 0.367 e. The Labute approximate surface area is 140 Å². The topological polar surface area (TPSA) is 12.5 Å². The molecule has 2 nitrogen and oxygen atoms in total. The highest BCUT2D eigenvalue weighted by molar-refractivity contribution is 5.36. The summed E-state index contributed by atoms with van der Waals surface area (Å²) in [6, 6.07) is 17.7. The summed E-state index contributed by atoms with van der Waals surface area (Å²) in [7, 11) is 4.16. The van der Waals surface area contributed by atoms with Crippen LogP contribution in [0.5, 0.6) is 0 Å². The minimum absolute atomic E-state index is 0.0218. The van der Waals surface area contributed by atoms with Gasteiger partial charge in [-0.3, -0.25) is 0 Å². The van der Waals surface area contributed by atoms with Crippen LogP contribution in [0.15, 0.2) is 48.5 Å². The first-order valence-electron chi connectivity index (χ1n) is 8.56. The first kappa shape index (κ1) is 16.2. The lowest BCUT2D eigenvalue weighted by Gasteiger charge is -2.21. The Bertz CT molecular complexity index is 646. The number of benzene rings is 2. The van der Waals surface area contributed by atoms with Gasteiger partial charge in [0.15, 0.2) is 0 Å². The zero-order valence-electron chi connectivity index (χ0n) is 14.5. The van der Waals surface area contributed by atoms with Gasteiger partial charge in [0.25, 0.3) is 0 Å². The normalized spacial score (nSPS) is 15.8. The molecular formula is C21H27NO. The van der Waals surface area contributed by atoms with Crippen LogP contribution in [0.3, 0.4) is 0 Å². The molecule has 0 aliphatic heterocycles. The highest BCUT2D eigenvalue weighted by atomic mass is 16.5. The van der Waals surface area contributed by atoms with E-state index in [1.807, 2.05) is 0 Å². The number of nitrogens with zero attached hydrogens (tertiary/aromatic N) is 1. The van der Waals surface area contributed by atoms with Crippen molar-refractivity contribution in [2.45, 2.75) is 31.8 Å². The molecule has 0 heterocycles. The molecular weight excluding hydrogens is 282 g/mol. The molecule has 1 aliphatic carbocycles. The molecule has 23 heavy (non-hydrogen) atoms. The summed E-state index contributed by atoms with van der Waals surface area (Å²) in [6.45, 7) is 3.81. The molecule has 2 aromatic rings. The molecule has 1 saturated carbocycles. The average Bonchev–Trinajstić information content (AvgIpc) is 3.36. The van der Waals surface area contributed by atoms with Gasteiger partial charge in [-0.1, -0.05) is 54.1 Å². The van der Waals surface area contributed by atoms with Crippen molar-refractivity contribution in [3.63, 3.8) is 0 Å². The standard InChI is InChI=1S/C21H27NO/c1-16-6-4-8-19(14-16)21(23-13-12-22(2)3)20-9-5-7-18(15-20)17-10-11-17/h4-9,14-15,17,21H,10-13H2,1-3H3. The highest BCUT2D eigenvalue weighted by Crippen LogP contribution is 2.41. The number of likely N-dealkylation sites (N-methyl/N-ethyl adjacent to an activating group) is 1. The summed E-state index contributed by atoms with van der Waals surface area (Å²) in [5.74, 6) is 0.773. The molecule has 0 amide bonds. The van der Waals surface area contributed by atoms with Crippen LogP contribution in [-0.4, -0.2) is 32.1 Å². The zero-order chi connectivity index (χ0) is 16.2. The molecule has 0 saturated heterocycles. The van der Waals surface area contributed by atoms with E-state index in [0.29, 0.717) is 0 Å². The van der Waals surface area contributed by atoms with Gasteiger partial charge in [-0.2, -0.15) is 0 Å². The average molecular weight is 309 g/mol. The van der Waals surface area contributed by atoms with Gasteiger partial charge in [0.1, 0.15) is 6.10 Å². The van der Waals surface area contributed by atoms with Crippen LogP contribution < -0.4 is 0 Å². The summed E-state index contributed by atoms with van der Waals surface area (Å²) in [6.07, 6.45) is 2.69. The third kappa shape index (κ3) is 4.43. The van der Waals surface area contributed by atoms with E-state index < -0.39 is 0 Å². The van der Waals surface area contributed by atoms with Gasteiger partial charge in [-0.25, -0.2) is 0 Å². The maximum absolute atomic E-state index is 6.29. The Morgan fingerprint density at radius 1 is 1.04 bits per heavy atom. The summed E-state index contributed by atoms with van der Waals surface area (Å²) in [5, 5.41) is 0. The molecule has 1 fully saturated rings. The fourth-order valence-corrected chi connectivity index (χ4v) is 2.96. The third-order valence-electron chi connectivity index (χ3n) is 4.43. The number of hydrogen-bond donors (Lipinski definition) is 0. The molecule has 3 rings (SSSR count). The van der Waals surface area contributed by atoms with Crippen LogP contribution in [-0.2, 0) is 4.74 Å². The summed E-state index contributed by atoms with van der Waals surface area (Å²) < 4.78 is 6.29. The van der Waals surface area contributed by atoms with Gasteiger partial charge < -0.3 is 9.64 Å². The molecule has 0 bridgehead atoms. The smallest absolute Gasteiger partial charge is 0.108 e. The summed E-state index contributed by atoms with van der Waals surface area (Å²) in [4.78, 5) is 2.16. The van der Waals surface area contributed by atoms with E-state index in [0.717, 1.165) is 19.1 Å². The van der Waals surface area contributed by atoms with Crippen LogP contribution in [0.4, 0.5) is 0 Å². The van der Waals surface area contributed by atoms with Gasteiger partial charge in [0, 0.05) is 6.54 Å². The van der Waals surface area contributed by atoms with Gasteiger partial charge in [-0.15, -0.1) is 0 Å². The van der Waals surface area contributed by atoms with Crippen molar-refractivity contribution in [2.24, 2.45) is 0 Å². The minimum atomic E-state index is 0.0218.